The lowest BCUT2D eigenvalue weighted by atomic mass is 9.86. The van der Waals surface area contributed by atoms with Crippen molar-refractivity contribution >= 4 is 11.8 Å². The minimum Gasteiger partial charge on any atom is -0.493 e. The number of aryl methyl sites for hydroxylation is 2. The number of ketones is 1. The highest BCUT2D eigenvalue weighted by Gasteiger charge is 2.50. The molecule has 0 aromatic heterocycles. The van der Waals surface area contributed by atoms with Gasteiger partial charge in [0.05, 0.1) is 19.6 Å². The van der Waals surface area contributed by atoms with Crippen molar-refractivity contribution in [1.82, 2.24) is 0 Å². The van der Waals surface area contributed by atoms with Crippen LogP contribution in [-0.2, 0) is 27.8 Å². The Morgan fingerprint density at radius 2 is 1.65 bits per heavy atom. The van der Waals surface area contributed by atoms with Crippen LogP contribution in [0.4, 0.5) is 0 Å². The monoisotopic (exact) mass is 502 g/mol. The van der Waals surface area contributed by atoms with E-state index in [1.54, 1.807) is 14.2 Å². The van der Waals surface area contributed by atoms with E-state index < -0.39 is 11.4 Å². The van der Waals surface area contributed by atoms with E-state index >= 15 is 0 Å². The first-order valence-corrected chi connectivity index (χ1v) is 12.3. The molecule has 0 bridgehead atoms. The number of carbonyl (C=O) groups excluding carboxylic acids is 1. The van der Waals surface area contributed by atoms with Crippen molar-refractivity contribution in [2.24, 2.45) is 0 Å². The lowest BCUT2D eigenvalue weighted by Gasteiger charge is -2.18. The van der Waals surface area contributed by atoms with E-state index in [1.807, 2.05) is 55.5 Å². The Morgan fingerprint density at radius 3 is 2.35 bits per heavy atom. The Kier molecular flexibility index (Phi) is 6.54. The summed E-state index contributed by atoms with van der Waals surface area (Å²) in [6.07, 6.45) is 2.29. The standard InChI is InChI=1S/C30H30O7/c1-18-4-5-19(13-28(31)30(10-11-30)21-7-8-24-27(15-21)37-17-36-24)12-22(18)23-16-26(35-3)25(34-2)14-20(23)6-9-29(32)33/h4-5,7-8,12,14-16H,6,9-11,13,17H2,1-3H3,(H,32,33). The van der Waals surface area contributed by atoms with Crippen molar-refractivity contribution in [2.75, 3.05) is 21.0 Å². The number of benzene rings is 3. The van der Waals surface area contributed by atoms with Gasteiger partial charge in [0.2, 0.25) is 6.79 Å². The van der Waals surface area contributed by atoms with Crippen LogP contribution in [0.1, 0.15) is 41.5 Å². The molecule has 7 nitrogen and oxygen atoms in total. The van der Waals surface area contributed by atoms with Crippen LogP contribution in [-0.4, -0.2) is 37.9 Å². The van der Waals surface area contributed by atoms with Crippen LogP contribution in [0.2, 0.25) is 0 Å². The number of aliphatic carboxylic acids is 1. The highest BCUT2D eigenvalue weighted by molar-refractivity contribution is 5.95. The van der Waals surface area contributed by atoms with E-state index in [0.29, 0.717) is 35.8 Å². The molecular weight excluding hydrogens is 472 g/mol. The van der Waals surface area contributed by atoms with Gasteiger partial charge < -0.3 is 24.1 Å². The van der Waals surface area contributed by atoms with E-state index in [2.05, 4.69) is 0 Å². The van der Waals surface area contributed by atoms with Gasteiger partial charge in [-0.1, -0.05) is 24.3 Å². The number of methoxy groups -OCH3 is 2. The Bertz CT molecular complexity index is 1370. The minimum atomic E-state index is -0.866. The smallest absolute Gasteiger partial charge is 0.303 e. The highest BCUT2D eigenvalue weighted by Crippen LogP contribution is 2.51. The van der Waals surface area contributed by atoms with E-state index in [0.717, 1.165) is 46.2 Å². The molecule has 2 aliphatic rings. The SMILES string of the molecule is COc1cc(CCC(=O)O)c(-c2cc(CC(=O)C3(c4ccc5c(c4)OCO5)CC3)ccc2C)cc1OC. The zero-order chi connectivity index (χ0) is 26.2. The van der Waals surface area contributed by atoms with Gasteiger partial charge in [-0.25, -0.2) is 0 Å². The highest BCUT2D eigenvalue weighted by atomic mass is 16.7. The van der Waals surface area contributed by atoms with Gasteiger partial charge in [0.25, 0.3) is 0 Å². The minimum absolute atomic E-state index is 0.00222. The topological polar surface area (TPSA) is 91.3 Å². The van der Waals surface area contributed by atoms with Crippen LogP contribution in [0.25, 0.3) is 11.1 Å². The molecule has 0 atom stereocenters. The number of fused-ring (bicyclic) bond motifs is 1. The van der Waals surface area contributed by atoms with Gasteiger partial charge in [0.15, 0.2) is 23.0 Å². The molecule has 1 aliphatic heterocycles. The maximum Gasteiger partial charge on any atom is 0.303 e. The fraction of sp³-hybridized carbons (Fsp3) is 0.333. The van der Waals surface area contributed by atoms with Crippen molar-refractivity contribution < 1.29 is 33.6 Å². The molecule has 1 aliphatic carbocycles. The molecule has 0 saturated heterocycles. The molecule has 7 heteroatoms. The number of ether oxygens (including phenoxy) is 4. The van der Waals surface area contributed by atoms with Crippen LogP contribution in [0.3, 0.4) is 0 Å². The third-order valence-corrected chi connectivity index (χ3v) is 7.38. The average molecular weight is 503 g/mol. The van der Waals surface area contributed by atoms with Crippen LogP contribution < -0.4 is 18.9 Å². The number of rotatable bonds is 10. The van der Waals surface area contributed by atoms with E-state index in [-0.39, 0.29) is 19.0 Å². The molecule has 0 amide bonds. The van der Waals surface area contributed by atoms with E-state index in [1.165, 1.54) is 0 Å². The molecule has 0 radical (unpaired) electrons. The predicted molar refractivity (Wildman–Crippen MR) is 138 cm³/mol. The molecule has 3 aromatic rings. The number of carboxylic acid groups (broad SMARTS) is 1. The zero-order valence-corrected chi connectivity index (χ0v) is 21.3. The second-order valence-electron chi connectivity index (χ2n) is 9.66. The number of hydrogen-bond acceptors (Lipinski definition) is 6. The molecule has 1 N–H and O–H groups in total. The number of hydrogen-bond donors (Lipinski definition) is 1. The third kappa shape index (κ3) is 4.73. The van der Waals surface area contributed by atoms with E-state index in [4.69, 9.17) is 18.9 Å². The maximum absolute atomic E-state index is 13.6. The Hall–Kier alpha value is -4.00. The van der Waals surface area contributed by atoms with Gasteiger partial charge in [0.1, 0.15) is 5.78 Å². The normalized spacial score (nSPS) is 14.8. The van der Waals surface area contributed by atoms with E-state index in [9.17, 15) is 14.7 Å². The van der Waals surface area contributed by atoms with Gasteiger partial charge in [-0.05, 0) is 83.8 Å². The van der Waals surface area contributed by atoms with Crippen LogP contribution in [0.15, 0.2) is 48.5 Å². The molecule has 1 fully saturated rings. The first kappa shape index (κ1) is 24.7. The van der Waals surface area contributed by atoms with Gasteiger partial charge in [-0.3, -0.25) is 9.59 Å². The fourth-order valence-electron chi connectivity index (χ4n) is 5.09. The second kappa shape index (κ2) is 9.81. The summed E-state index contributed by atoms with van der Waals surface area (Å²) in [6.45, 7) is 2.21. The summed E-state index contributed by atoms with van der Waals surface area (Å²) in [6, 6.07) is 15.6. The second-order valence-corrected chi connectivity index (χ2v) is 9.66. The molecule has 1 heterocycles. The lowest BCUT2D eigenvalue weighted by molar-refractivity contribution is -0.137. The third-order valence-electron chi connectivity index (χ3n) is 7.38. The molecule has 37 heavy (non-hydrogen) atoms. The summed E-state index contributed by atoms with van der Waals surface area (Å²) in [7, 11) is 3.13. The first-order valence-electron chi connectivity index (χ1n) is 12.3. The van der Waals surface area contributed by atoms with Crippen LogP contribution in [0.5, 0.6) is 23.0 Å². The van der Waals surface area contributed by atoms with Crippen molar-refractivity contribution in [2.45, 2.75) is 44.4 Å². The lowest BCUT2D eigenvalue weighted by Crippen LogP contribution is -2.22. The van der Waals surface area contributed by atoms with Crippen molar-refractivity contribution in [1.29, 1.82) is 0 Å². The molecule has 192 valence electrons. The Balaban J connectivity index is 1.46. The Morgan fingerprint density at radius 1 is 0.919 bits per heavy atom. The predicted octanol–water partition coefficient (Wildman–Crippen LogP) is 5.27. The molecule has 0 unspecified atom stereocenters. The summed E-state index contributed by atoms with van der Waals surface area (Å²) in [4.78, 5) is 24.9. The summed E-state index contributed by atoms with van der Waals surface area (Å²) in [5.74, 6) is 1.84. The van der Waals surface area contributed by atoms with Crippen LogP contribution in [0, 0.1) is 6.92 Å². The molecule has 3 aromatic carbocycles. The number of Topliss-reactive ketones (excluding diaryl/α,β-unsaturated/α-hetero) is 1. The molecule has 1 saturated carbocycles. The number of carboxylic acids is 1. The van der Waals surface area contributed by atoms with Crippen molar-refractivity contribution in [3.8, 4) is 34.1 Å². The molecule has 5 rings (SSSR count). The van der Waals surface area contributed by atoms with Gasteiger partial charge in [-0.2, -0.15) is 0 Å². The molecular formula is C30H30O7. The summed E-state index contributed by atoms with van der Waals surface area (Å²) in [5.41, 5.74) is 5.10. The van der Waals surface area contributed by atoms with Gasteiger partial charge in [0, 0.05) is 12.8 Å². The fourth-order valence-corrected chi connectivity index (χ4v) is 5.09. The zero-order valence-electron chi connectivity index (χ0n) is 21.3. The average Bonchev–Trinajstić information content (AvgIpc) is 3.58. The van der Waals surface area contributed by atoms with Gasteiger partial charge in [-0.15, -0.1) is 0 Å². The Labute approximate surface area is 215 Å². The largest absolute Gasteiger partial charge is 0.493 e. The first-order chi connectivity index (χ1) is 17.8. The maximum atomic E-state index is 13.6. The van der Waals surface area contributed by atoms with Gasteiger partial charge >= 0.3 is 5.97 Å². The molecule has 0 spiro atoms. The summed E-state index contributed by atoms with van der Waals surface area (Å²) in [5, 5.41) is 9.28. The summed E-state index contributed by atoms with van der Waals surface area (Å²) >= 11 is 0. The summed E-state index contributed by atoms with van der Waals surface area (Å²) < 4.78 is 21.9. The van der Waals surface area contributed by atoms with Crippen molar-refractivity contribution in [3.63, 3.8) is 0 Å². The van der Waals surface area contributed by atoms with Crippen LogP contribution >= 0.6 is 0 Å². The quantitative estimate of drug-likeness (QED) is 0.404. The van der Waals surface area contributed by atoms with Crippen molar-refractivity contribution in [3.05, 3.63) is 70.8 Å². The number of carbonyl (C=O) groups is 2.